The number of benzene rings is 1. The predicted octanol–water partition coefficient (Wildman–Crippen LogP) is 3.61. The van der Waals surface area contributed by atoms with Gasteiger partial charge < -0.3 is 5.32 Å². The zero-order chi connectivity index (χ0) is 16.9. The van der Waals surface area contributed by atoms with Crippen molar-refractivity contribution in [2.24, 2.45) is 0 Å². The minimum atomic E-state index is -0.0128. The van der Waals surface area contributed by atoms with Crippen LogP contribution in [0.25, 0.3) is 5.69 Å². The number of nitrogens with one attached hydrogen (secondary N) is 1. The molecule has 0 aliphatic rings. The maximum absolute atomic E-state index is 12.2. The fourth-order valence-electron chi connectivity index (χ4n) is 2.33. The molecule has 1 amide bonds. The quantitative estimate of drug-likeness (QED) is 0.684. The van der Waals surface area contributed by atoms with Crippen LogP contribution in [0.15, 0.2) is 53.0 Å². The third kappa shape index (κ3) is 3.85. The van der Waals surface area contributed by atoms with Gasteiger partial charge in [0.15, 0.2) is 5.16 Å². The van der Waals surface area contributed by atoms with Gasteiger partial charge in [-0.3, -0.25) is 9.36 Å². The first-order chi connectivity index (χ1) is 11.6. The first-order valence-corrected chi connectivity index (χ1v) is 9.44. The Morgan fingerprint density at radius 2 is 2.04 bits per heavy atom. The van der Waals surface area contributed by atoms with E-state index in [0.29, 0.717) is 5.75 Å². The fourth-order valence-corrected chi connectivity index (χ4v) is 3.88. The second-order valence-corrected chi connectivity index (χ2v) is 7.22. The predicted molar refractivity (Wildman–Crippen MR) is 97.7 cm³/mol. The van der Waals surface area contributed by atoms with Crippen LogP contribution < -0.4 is 5.32 Å². The molecule has 1 aromatic carbocycles. The summed E-state index contributed by atoms with van der Waals surface area (Å²) >= 11 is 3.03. The summed E-state index contributed by atoms with van der Waals surface area (Å²) in [7, 11) is 0. The summed E-state index contributed by atoms with van der Waals surface area (Å²) in [6.45, 7) is 3.90. The summed E-state index contributed by atoms with van der Waals surface area (Å²) in [6, 6.07) is 13.9. The lowest BCUT2D eigenvalue weighted by Crippen LogP contribution is -2.27. The van der Waals surface area contributed by atoms with Gasteiger partial charge in [-0.05, 0) is 37.4 Å². The Hall–Kier alpha value is -2.12. The molecule has 0 bridgehead atoms. The molecule has 0 radical (unpaired) electrons. The first kappa shape index (κ1) is 16.7. The Morgan fingerprint density at radius 3 is 2.75 bits per heavy atom. The number of amides is 1. The molecule has 0 fully saturated rings. The van der Waals surface area contributed by atoms with Crippen molar-refractivity contribution in [2.75, 3.05) is 5.75 Å². The van der Waals surface area contributed by atoms with Crippen molar-refractivity contribution in [1.29, 1.82) is 0 Å². The van der Waals surface area contributed by atoms with Gasteiger partial charge >= 0.3 is 0 Å². The molecule has 1 atom stereocenters. The van der Waals surface area contributed by atoms with Gasteiger partial charge in [-0.2, -0.15) is 0 Å². The number of thiophene rings is 1. The van der Waals surface area contributed by atoms with Crippen molar-refractivity contribution >= 4 is 29.0 Å². The third-order valence-electron chi connectivity index (χ3n) is 3.49. The summed E-state index contributed by atoms with van der Waals surface area (Å²) in [6.07, 6.45) is 0. The summed E-state index contributed by atoms with van der Waals surface area (Å²) in [5.41, 5.74) is 0.995. The number of hydrogen-bond donors (Lipinski definition) is 1. The zero-order valence-electron chi connectivity index (χ0n) is 13.5. The largest absolute Gasteiger partial charge is 0.348 e. The number of aryl methyl sites for hydroxylation is 1. The van der Waals surface area contributed by atoms with Crippen molar-refractivity contribution < 1.29 is 4.79 Å². The molecular formula is C17H18N4OS2. The molecular weight excluding hydrogens is 340 g/mol. The summed E-state index contributed by atoms with van der Waals surface area (Å²) in [4.78, 5) is 13.3. The van der Waals surface area contributed by atoms with Gasteiger partial charge in [-0.25, -0.2) is 0 Å². The van der Waals surface area contributed by atoms with Crippen LogP contribution in [0.3, 0.4) is 0 Å². The van der Waals surface area contributed by atoms with Crippen LogP contribution in [-0.4, -0.2) is 26.4 Å². The minimum Gasteiger partial charge on any atom is -0.348 e. The van der Waals surface area contributed by atoms with Gasteiger partial charge in [0, 0.05) is 10.6 Å². The number of hydrogen-bond acceptors (Lipinski definition) is 5. The van der Waals surface area contributed by atoms with Crippen molar-refractivity contribution in [2.45, 2.75) is 25.0 Å². The first-order valence-electron chi connectivity index (χ1n) is 7.58. The highest BCUT2D eigenvalue weighted by atomic mass is 32.2. The normalized spacial score (nSPS) is 12.1. The molecule has 7 heteroatoms. The maximum Gasteiger partial charge on any atom is 0.230 e. The van der Waals surface area contributed by atoms with Crippen LogP contribution in [0, 0.1) is 6.92 Å². The van der Waals surface area contributed by atoms with Crippen molar-refractivity contribution in [3.63, 3.8) is 0 Å². The molecule has 24 heavy (non-hydrogen) atoms. The van der Waals surface area contributed by atoms with E-state index in [0.717, 1.165) is 21.5 Å². The molecule has 0 aliphatic carbocycles. The highest BCUT2D eigenvalue weighted by Gasteiger charge is 2.15. The summed E-state index contributed by atoms with van der Waals surface area (Å²) in [5, 5.41) is 14.1. The van der Waals surface area contributed by atoms with Crippen LogP contribution in [0.5, 0.6) is 0 Å². The number of carbonyl (C=O) groups is 1. The molecule has 0 aliphatic heterocycles. The second kappa shape index (κ2) is 7.63. The molecule has 0 spiro atoms. The van der Waals surface area contributed by atoms with Crippen LogP contribution >= 0.6 is 23.1 Å². The maximum atomic E-state index is 12.2. The molecule has 0 unspecified atom stereocenters. The molecule has 124 valence electrons. The van der Waals surface area contributed by atoms with Gasteiger partial charge in [0.1, 0.15) is 5.82 Å². The smallest absolute Gasteiger partial charge is 0.230 e. The Morgan fingerprint density at radius 1 is 1.25 bits per heavy atom. The fraction of sp³-hybridized carbons (Fsp3) is 0.235. The van der Waals surface area contributed by atoms with E-state index < -0.39 is 0 Å². The summed E-state index contributed by atoms with van der Waals surface area (Å²) in [5.74, 6) is 1.10. The van der Waals surface area contributed by atoms with Gasteiger partial charge in [-0.1, -0.05) is 36.0 Å². The molecule has 2 aromatic heterocycles. The van der Waals surface area contributed by atoms with Crippen molar-refractivity contribution in [1.82, 2.24) is 20.1 Å². The van der Waals surface area contributed by atoms with Crippen molar-refractivity contribution in [3.05, 3.63) is 58.5 Å². The molecule has 0 saturated heterocycles. The number of rotatable bonds is 6. The second-order valence-electron chi connectivity index (χ2n) is 5.29. The molecule has 1 N–H and O–H groups in total. The van der Waals surface area contributed by atoms with Gasteiger partial charge in [0.2, 0.25) is 5.91 Å². The highest BCUT2D eigenvalue weighted by molar-refractivity contribution is 7.99. The average molecular weight is 358 g/mol. The van der Waals surface area contributed by atoms with Crippen LogP contribution in [0.1, 0.15) is 23.7 Å². The van der Waals surface area contributed by atoms with E-state index in [2.05, 4.69) is 15.5 Å². The molecule has 3 aromatic rings. The van der Waals surface area contributed by atoms with E-state index in [4.69, 9.17) is 0 Å². The van der Waals surface area contributed by atoms with E-state index in [1.54, 1.807) is 11.3 Å². The SMILES string of the molecule is Cc1nnc(SCC(=O)N[C@H](C)c2cccs2)n1-c1ccccc1. The zero-order valence-corrected chi connectivity index (χ0v) is 15.1. The van der Waals surface area contributed by atoms with Crippen LogP contribution in [-0.2, 0) is 4.79 Å². The van der Waals surface area contributed by atoms with Gasteiger partial charge in [0.05, 0.1) is 11.8 Å². The lowest BCUT2D eigenvalue weighted by atomic mass is 10.3. The Balaban J connectivity index is 1.64. The summed E-state index contributed by atoms with van der Waals surface area (Å²) < 4.78 is 1.96. The lowest BCUT2D eigenvalue weighted by Gasteiger charge is -2.12. The number of nitrogens with zero attached hydrogens (tertiary/aromatic N) is 3. The van der Waals surface area contributed by atoms with Crippen LogP contribution in [0.2, 0.25) is 0 Å². The van der Waals surface area contributed by atoms with E-state index in [-0.39, 0.29) is 11.9 Å². The number of carbonyl (C=O) groups excluding carboxylic acids is 1. The lowest BCUT2D eigenvalue weighted by molar-refractivity contribution is -0.119. The Labute approximate surface area is 149 Å². The Kier molecular flexibility index (Phi) is 5.32. The molecule has 0 saturated carbocycles. The van der Waals surface area contributed by atoms with E-state index in [1.807, 2.05) is 66.3 Å². The number of aromatic nitrogens is 3. The molecule has 2 heterocycles. The highest BCUT2D eigenvalue weighted by Crippen LogP contribution is 2.22. The number of thioether (sulfide) groups is 1. The minimum absolute atomic E-state index is 0.0128. The molecule has 5 nitrogen and oxygen atoms in total. The van der Waals surface area contributed by atoms with Gasteiger partial charge in [-0.15, -0.1) is 21.5 Å². The van der Waals surface area contributed by atoms with E-state index >= 15 is 0 Å². The van der Waals surface area contributed by atoms with Gasteiger partial charge in [0.25, 0.3) is 0 Å². The van der Waals surface area contributed by atoms with Crippen LogP contribution in [0.4, 0.5) is 0 Å². The van der Waals surface area contributed by atoms with E-state index in [9.17, 15) is 4.79 Å². The third-order valence-corrected chi connectivity index (χ3v) is 5.47. The standard InChI is InChI=1S/C17H18N4OS2/c1-12(15-9-6-10-23-15)18-16(22)11-24-17-20-19-13(2)21(17)14-7-4-3-5-8-14/h3-10,12H,11H2,1-2H3,(H,18,22)/t12-/m1/s1. The Bertz CT molecular complexity index is 799. The number of para-hydroxylation sites is 1. The van der Waals surface area contributed by atoms with E-state index in [1.165, 1.54) is 11.8 Å². The van der Waals surface area contributed by atoms with Crippen molar-refractivity contribution in [3.8, 4) is 5.69 Å². The monoisotopic (exact) mass is 358 g/mol. The topological polar surface area (TPSA) is 59.8 Å². The molecule has 3 rings (SSSR count). The average Bonchev–Trinajstić information content (AvgIpc) is 3.23.